The van der Waals surface area contributed by atoms with Gasteiger partial charge < -0.3 is 0 Å². The molecule has 0 aliphatic heterocycles. The first kappa shape index (κ1) is 18.1. The summed E-state index contributed by atoms with van der Waals surface area (Å²) in [6, 6.07) is 7.51. The second kappa shape index (κ2) is 9.14. The molecule has 0 unspecified atom stereocenters. The third kappa shape index (κ3) is 5.40. The molecule has 1 aromatic carbocycles. The molecule has 5 nitrogen and oxygen atoms in total. The molecule has 2 aromatic heterocycles. The highest BCUT2D eigenvalue weighted by molar-refractivity contribution is 8.01. The third-order valence-electron chi connectivity index (χ3n) is 2.94. The number of benzene rings is 1. The number of amides is 1. The summed E-state index contributed by atoms with van der Waals surface area (Å²) in [5.41, 5.74) is 3.49. The predicted molar refractivity (Wildman–Crippen MR) is 107 cm³/mol. The van der Waals surface area contributed by atoms with Crippen molar-refractivity contribution in [2.24, 2.45) is 0 Å². The van der Waals surface area contributed by atoms with Gasteiger partial charge in [-0.1, -0.05) is 29.2 Å². The number of nitrogens with one attached hydrogen (secondary N) is 1. The quantitative estimate of drug-likeness (QED) is 0.329. The minimum Gasteiger partial charge on any atom is -0.296 e. The summed E-state index contributed by atoms with van der Waals surface area (Å²) < 4.78 is 0.809. The van der Waals surface area contributed by atoms with Gasteiger partial charge in [-0.25, -0.2) is 4.98 Å². The van der Waals surface area contributed by atoms with Crippen LogP contribution in [-0.4, -0.2) is 26.8 Å². The molecule has 0 aliphatic rings. The molecule has 0 spiro atoms. The summed E-state index contributed by atoms with van der Waals surface area (Å²) in [5, 5.41) is 13.3. The van der Waals surface area contributed by atoms with E-state index < -0.39 is 0 Å². The zero-order chi connectivity index (χ0) is 17.5. The molecular weight excluding hydrogens is 392 g/mol. The number of thioether (sulfide) groups is 2. The molecule has 3 aromatic rings. The monoisotopic (exact) mass is 406 g/mol. The van der Waals surface area contributed by atoms with Crippen molar-refractivity contribution in [1.29, 1.82) is 0 Å². The minimum atomic E-state index is -0.188. The van der Waals surface area contributed by atoms with Gasteiger partial charge in [-0.2, -0.15) is 0 Å². The van der Waals surface area contributed by atoms with E-state index in [2.05, 4.69) is 27.1 Å². The number of thiazole rings is 1. The molecule has 9 heteroatoms. The Hall–Kier alpha value is -1.68. The van der Waals surface area contributed by atoms with Crippen LogP contribution in [0.1, 0.15) is 16.1 Å². The van der Waals surface area contributed by atoms with Gasteiger partial charge in [0.25, 0.3) is 5.91 Å². The lowest BCUT2D eigenvalue weighted by Crippen LogP contribution is -2.11. The normalized spacial score (nSPS) is 10.6. The Bertz CT molecular complexity index is 830. The van der Waals surface area contributed by atoms with Crippen LogP contribution >= 0.6 is 46.2 Å². The fourth-order valence-corrected chi connectivity index (χ4v) is 4.76. The van der Waals surface area contributed by atoms with Crippen LogP contribution in [0.3, 0.4) is 0 Å². The zero-order valence-corrected chi connectivity index (χ0v) is 16.3. The number of aromatic nitrogens is 3. The summed E-state index contributed by atoms with van der Waals surface area (Å²) in [6.07, 6.45) is 1.80. The van der Waals surface area contributed by atoms with Crippen LogP contribution in [0, 0.1) is 0 Å². The number of hydrogen-bond donors (Lipinski definition) is 1. The topological polar surface area (TPSA) is 67.8 Å². The Kier molecular flexibility index (Phi) is 6.62. The fourth-order valence-electron chi connectivity index (χ4n) is 1.79. The third-order valence-corrected chi connectivity index (χ3v) is 6.59. The molecule has 0 saturated carbocycles. The van der Waals surface area contributed by atoms with Gasteiger partial charge in [0.1, 0.15) is 0 Å². The molecule has 2 heterocycles. The second-order valence-electron chi connectivity index (χ2n) is 4.72. The van der Waals surface area contributed by atoms with Gasteiger partial charge >= 0.3 is 0 Å². The van der Waals surface area contributed by atoms with E-state index in [-0.39, 0.29) is 5.91 Å². The number of carbonyl (C=O) groups is 1. The SMILES string of the molecule is C=CCSc1nnc(NC(=O)c2ccc(SCc3cscn3)cc2)s1. The number of hydrogen-bond acceptors (Lipinski definition) is 8. The van der Waals surface area contributed by atoms with Gasteiger partial charge in [-0.05, 0) is 24.3 Å². The largest absolute Gasteiger partial charge is 0.296 e. The van der Waals surface area contributed by atoms with Gasteiger partial charge in [0, 0.05) is 27.3 Å². The van der Waals surface area contributed by atoms with Crippen LogP contribution < -0.4 is 5.32 Å². The smallest absolute Gasteiger partial charge is 0.257 e. The second-order valence-corrected chi connectivity index (χ2v) is 8.73. The van der Waals surface area contributed by atoms with E-state index in [9.17, 15) is 4.79 Å². The van der Waals surface area contributed by atoms with Crippen LogP contribution in [0.5, 0.6) is 0 Å². The highest BCUT2D eigenvalue weighted by Crippen LogP contribution is 2.26. The van der Waals surface area contributed by atoms with E-state index in [0.717, 1.165) is 26.4 Å². The first-order chi connectivity index (χ1) is 12.2. The Labute approximate surface area is 162 Å². The molecule has 3 rings (SSSR count). The van der Waals surface area contributed by atoms with Crippen molar-refractivity contribution < 1.29 is 4.79 Å². The van der Waals surface area contributed by atoms with Gasteiger partial charge in [0.05, 0.1) is 11.2 Å². The van der Waals surface area contributed by atoms with Crippen molar-refractivity contribution in [3.05, 3.63) is 59.1 Å². The highest BCUT2D eigenvalue weighted by Gasteiger charge is 2.10. The molecule has 0 atom stereocenters. The molecule has 0 fully saturated rings. The molecule has 0 aliphatic carbocycles. The molecule has 1 N–H and O–H groups in total. The van der Waals surface area contributed by atoms with Crippen molar-refractivity contribution in [2.75, 3.05) is 11.1 Å². The molecule has 128 valence electrons. The number of rotatable bonds is 8. The summed E-state index contributed by atoms with van der Waals surface area (Å²) in [4.78, 5) is 17.6. The highest BCUT2D eigenvalue weighted by atomic mass is 32.2. The van der Waals surface area contributed by atoms with Gasteiger partial charge in [-0.15, -0.1) is 39.9 Å². The maximum Gasteiger partial charge on any atom is 0.257 e. The molecule has 25 heavy (non-hydrogen) atoms. The van der Waals surface area contributed by atoms with Crippen LogP contribution in [-0.2, 0) is 5.75 Å². The fraction of sp³-hybridized carbons (Fsp3) is 0.125. The number of anilines is 1. The summed E-state index contributed by atoms with van der Waals surface area (Å²) in [6.45, 7) is 3.67. The van der Waals surface area contributed by atoms with Gasteiger partial charge in [-0.3, -0.25) is 10.1 Å². The first-order valence-electron chi connectivity index (χ1n) is 7.23. The average Bonchev–Trinajstić information content (AvgIpc) is 3.30. The maximum atomic E-state index is 12.3. The summed E-state index contributed by atoms with van der Waals surface area (Å²) in [7, 11) is 0. The van der Waals surface area contributed by atoms with Gasteiger partial charge in [0.2, 0.25) is 5.13 Å². The zero-order valence-electron chi connectivity index (χ0n) is 13.0. The maximum absolute atomic E-state index is 12.3. The van der Waals surface area contributed by atoms with E-state index in [1.807, 2.05) is 35.2 Å². The Morgan fingerprint density at radius 2 is 2.08 bits per heavy atom. The van der Waals surface area contributed by atoms with E-state index in [0.29, 0.717) is 10.7 Å². The van der Waals surface area contributed by atoms with Crippen molar-refractivity contribution >= 4 is 57.2 Å². The lowest BCUT2D eigenvalue weighted by atomic mass is 10.2. The molecule has 0 bridgehead atoms. The first-order valence-corrected chi connectivity index (χ1v) is 11.0. The molecule has 0 radical (unpaired) electrons. The van der Waals surface area contributed by atoms with E-state index in [1.54, 1.807) is 29.2 Å². The lowest BCUT2D eigenvalue weighted by Gasteiger charge is -2.03. The van der Waals surface area contributed by atoms with Crippen molar-refractivity contribution in [1.82, 2.24) is 15.2 Å². The lowest BCUT2D eigenvalue weighted by molar-refractivity contribution is 0.102. The molecular formula is C16H14N4OS4. The van der Waals surface area contributed by atoms with Crippen LogP contribution in [0.15, 0.2) is 57.0 Å². The Balaban J connectivity index is 1.55. The van der Waals surface area contributed by atoms with Crippen molar-refractivity contribution in [3.63, 3.8) is 0 Å². The van der Waals surface area contributed by atoms with E-state index >= 15 is 0 Å². The number of nitrogens with zero attached hydrogens (tertiary/aromatic N) is 3. The van der Waals surface area contributed by atoms with Crippen LogP contribution in [0.25, 0.3) is 0 Å². The average molecular weight is 407 g/mol. The summed E-state index contributed by atoms with van der Waals surface area (Å²) in [5.74, 6) is 1.40. The van der Waals surface area contributed by atoms with Crippen molar-refractivity contribution in [2.45, 2.75) is 15.0 Å². The molecule has 0 saturated heterocycles. The minimum absolute atomic E-state index is 0.188. The number of carbonyl (C=O) groups excluding carboxylic acids is 1. The van der Waals surface area contributed by atoms with Crippen LogP contribution in [0.4, 0.5) is 5.13 Å². The summed E-state index contributed by atoms with van der Waals surface area (Å²) >= 11 is 6.18. The van der Waals surface area contributed by atoms with E-state index in [1.165, 1.54) is 23.1 Å². The van der Waals surface area contributed by atoms with E-state index in [4.69, 9.17) is 0 Å². The van der Waals surface area contributed by atoms with Gasteiger partial charge in [0.15, 0.2) is 4.34 Å². The Morgan fingerprint density at radius 3 is 2.80 bits per heavy atom. The Morgan fingerprint density at radius 1 is 1.24 bits per heavy atom. The van der Waals surface area contributed by atoms with Crippen LogP contribution in [0.2, 0.25) is 0 Å². The van der Waals surface area contributed by atoms with Crippen molar-refractivity contribution in [3.8, 4) is 0 Å². The molecule has 1 amide bonds. The standard InChI is InChI=1S/C16H14N4OS4/c1-2-7-23-16-20-19-15(25-16)18-14(21)11-3-5-13(6-4-11)24-9-12-8-22-10-17-12/h2-6,8,10H,1,7,9H2,(H,18,19,21). The predicted octanol–water partition coefficient (Wildman–Crippen LogP) is 4.82.